The van der Waals surface area contributed by atoms with E-state index in [-0.39, 0.29) is 0 Å². The van der Waals surface area contributed by atoms with Crippen LogP contribution in [0.1, 0.15) is 5.56 Å². The number of hydrogen-bond acceptors (Lipinski definition) is 3. The molecule has 2 rings (SSSR count). The molecule has 0 bridgehead atoms. The zero-order valence-corrected chi connectivity index (χ0v) is 11.5. The van der Waals surface area contributed by atoms with Gasteiger partial charge in [0.2, 0.25) is 0 Å². The molecule has 3 heteroatoms. The Morgan fingerprint density at radius 3 is 2.55 bits per heavy atom. The first-order chi connectivity index (χ1) is 9.79. The zero-order chi connectivity index (χ0) is 14.2. The van der Waals surface area contributed by atoms with E-state index in [4.69, 9.17) is 10.1 Å². The molecule has 0 aromatic heterocycles. The van der Waals surface area contributed by atoms with Crippen LogP contribution in [0, 0.1) is 5.41 Å². The van der Waals surface area contributed by atoms with Gasteiger partial charge in [-0.05, 0) is 23.8 Å². The summed E-state index contributed by atoms with van der Waals surface area (Å²) in [5.74, 6) is 0.785. The Kier molecular flexibility index (Phi) is 4.95. The fraction of sp³-hybridized carbons (Fsp3) is 0.118. The van der Waals surface area contributed by atoms with Crippen LogP contribution in [0.5, 0.6) is 5.75 Å². The normalized spacial score (nSPS) is 10.4. The van der Waals surface area contributed by atoms with Crippen LogP contribution in [-0.4, -0.2) is 19.4 Å². The summed E-state index contributed by atoms with van der Waals surface area (Å²) in [6, 6.07) is 17.7. The number of methoxy groups -OCH3 is 1. The second-order valence-electron chi connectivity index (χ2n) is 4.32. The van der Waals surface area contributed by atoms with E-state index in [1.54, 1.807) is 13.2 Å². The van der Waals surface area contributed by atoms with Crippen LogP contribution in [0.2, 0.25) is 0 Å². The molecule has 0 amide bonds. The predicted octanol–water partition coefficient (Wildman–Crippen LogP) is 3.84. The number of hydrogen-bond donors (Lipinski definition) is 2. The lowest BCUT2D eigenvalue weighted by Crippen LogP contribution is -2.11. The van der Waals surface area contributed by atoms with Gasteiger partial charge in [0.15, 0.2) is 0 Å². The minimum absolute atomic E-state index is 0.462. The Labute approximate surface area is 119 Å². The SMILES string of the molecule is COc1ccccc1NCC(=N)/C=C/c1ccccc1. The summed E-state index contributed by atoms with van der Waals surface area (Å²) >= 11 is 0. The van der Waals surface area contributed by atoms with Gasteiger partial charge in [0.05, 0.1) is 25.1 Å². The Balaban J connectivity index is 1.91. The molecular formula is C17H18N2O. The lowest BCUT2D eigenvalue weighted by molar-refractivity contribution is 0.416. The van der Waals surface area contributed by atoms with E-state index in [0.717, 1.165) is 17.0 Å². The fourth-order valence-corrected chi connectivity index (χ4v) is 1.80. The summed E-state index contributed by atoms with van der Waals surface area (Å²) in [5.41, 5.74) is 2.50. The molecule has 0 fully saturated rings. The van der Waals surface area contributed by atoms with Crippen molar-refractivity contribution >= 4 is 17.5 Å². The van der Waals surface area contributed by atoms with Crippen LogP contribution in [0.15, 0.2) is 60.7 Å². The monoisotopic (exact) mass is 266 g/mol. The molecule has 20 heavy (non-hydrogen) atoms. The van der Waals surface area contributed by atoms with Gasteiger partial charge in [-0.25, -0.2) is 0 Å². The summed E-state index contributed by atoms with van der Waals surface area (Å²) in [6.45, 7) is 0.462. The highest BCUT2D eigenvalue weighted by atomic mass is 16.5. The van der Waals surface area contributed by atoms with Crippen molar-refractivity contribution in [2.75, 3.05) is 19.0 Å². The Morgan fingerprint density at radius 1 is 1.10 bits per heavy atom. The van der Waals surface area contributed by atoms with Crippen molar-refractivity contribution in [2.45, 2.75) is 0 Å². The van der Waals surface area contributed by atoms with Gasteiger partial charge in [0, 0.05) is 0 Å². The van der Waals surface area contributed by atoms with Gasteiger partial charge in [0.25, 0.3) is 0 Å². The fourth-order valence-electron chi connectivity index (χ4n) is 1.80. The number of nitrogens with one attached hydrogen (secondary N) is 2. The first-order valence-corrected chi connectivity index (χ1v) is 6.47. The van der Waals surface area contributed by atoms with E-state index < -0.39 is 0 Å². The lowest BCUT2D eigenvalue weighted by Gasteiger charge is -2.10. The second-order valence-corrected chi connectivity index (χ2v) is 4.32. The van der Waals surface area contributed by atoms with E-state index >= 15 is 0 Å². The number of benzene rings is 2. The molecule has 102 valence electrons. The van der Waals surface area contributed by atoms with Crippen LogP contribution in [0.4, 0.5) is 5.69 Å². The summed E-state index contributed by atoms with van der Waals surface area (Å²) in [7, 11) is 1.64. The average Bonchev–Trinajstić information content (AvgIpc) is 2.52. The molecule has 0 aliphatic heterocycles. The first kappa shape index (κ1) is 13.9. The molecular weight excluding hydrogens is 248 g/mol. The van der Waals surface area contributed by atoms with E-state index in [1.807, 2.05) is 60.7 Å². The molecule has 2 N–H and O–H groups in total. The molecule has 2 aromatic carbocycles. The lowest BCUT2D eigenvalue weighted by atomic mass is 10.2. The van der Waals surface area contributed by atoms with Crippen molar-refractivity contribution < 1.29 is 4.74 Å². The molecule has 0 heterocycles. The minimum atomic E-state index is 0.462. The Morgan fingerprint density at radius 2 is 1.80 bits per heavy atom. The highest BCUT2D eigenvalue weighted by molar-refractivity contribution is 5.98. The van der Waals surface area contributed by atoms with Gasteiger partial charge in [-0.2, -0.15) is 0 Å². The molecule has 0 spiro atoms. The molecule has 0 radical (unpaired) electrons. The standard InChI is InChI=1S/C17H18N2O/c1-20-17-10-6-5-9-16(17)19-13-15(18)12-11-14-7-3-2-4-8-14/h2-12,18-19H,13H2,1H3/b12-11+,18-15?. The topological polar surface area (TPSA) is 45.1 Å². The third-order valence-electron chi connectivity index (χ3n) is 2.85. The molecule has 3 nitrogen and oxygen atoms in total. The highest BCUT2D eigenvalue weighted by Gasteiger charge is 2.00. The maximum atomic E-state index is 7.92. The molecule has 0 atom stereocenters. The third-order valence-corrected chi connectivity index (χ3v) is 2.85. The summed E-state index contributed by atoms with van der Waals surface area (Å²) in [6.07, 6.45) is 3.74. The van der Waals surface area contributed by atoms with Crippen LogP contribution in [0.3, 0.4) is 0 Å². The predicted molar refractivity (Wildman–Crippen MR) is 84.7 cm³/mol. The molecule has 0 saturated heterocycles. The number of ether oxygens (including phenoxy) is 1. The Hall–Kier alpha value is -2.55. The van der Waals surface area contributed by atoms with Crippen molar-refractivity contribution in [2.24, 2.45) is 0 Å². The van der Waals surface area contributed by atoms with Crippen molar-refractivity contribution in [3.05, 3.63) is 66.2 Å². The highest BCUT2D eigenvalue weighted by Crippen LogP contribution is 2.22. The number of para-hydroxylation sites is 2. The van der Waals surface area contributed by atoms with Crippen molar-refractivity contribution in [3.63, 3.8) is 0 Å². The molecule has 0 aliphatic carbocycles. The Bertz CT molecular complexity index is 591. The van der Waals surface area contributed by atoms with E-state index in [0.29, 0.717) is 12.3 Å². The van der Waals surface area contributed by atoms with Gasteiger partial charge in [-0.3, -0.25) is 0 Å². The van der Waals surface area contributed by atoms with Crippen molar-refractivity contribution in [3.8, 4) is 5.75 Å². The average molecular weight is 266 g/mol. The van der Waals surface area contributed by atoms with Crippen molar-refractivity contribution in [1.29, 1.82) is 5.41 Å². The quantitative estimate of drug-likeness (QED) is 0.780. The largest absolute Gasteiger partial charge is 0.495 e. The third kappa shape index (κ3) is 3.99. The summed E-state index contributed by atoms with van der Waals surface area (Å²) < 4.78 is 5.26. The van der Waals surface area contributed by atoms with E-state index in [2.05, 4.69) is 5.32 Å². The van der Waals surface area contributed by atoms with Gasteiger partial charge < -0.3 is 15.5 Å². The van der Waals surface area contributed by atoms with E-state index in [9.17, 15) is 0 Å². The molecule has 0 aliphatic rings. The maximum absolute atomic E-state index is 7.92. The molecule has 0 saturated carbocycles. The summed E-state index contributed by atoms with van der Waals surface area (Å²) in [5, 5.41) is 11.1. The maximum Gasteiger partial charge on any atom is 0.141 e. The minimum Gasteiger partial charge on any atom is -0.495 e. The van der Waals surface area contributed by atoms with Crippen LogP contribution < -0.4 is 10.1 Å². The van der Waals surface area contributed by atoms with Crippen molar-refractivity contribution in [1.82, 2.24) is 0 Å². The first-order valence-electron chi connectivity index (χ1n) is 6.47. The molecule has 0 unspecified atom stereocenters. The molecule has 2 aromatic rings. The number of rotatable bonds is 6. The zero-order valence-electron chi connectivity index (χ0n) is 11.5. The summed E-state index contributed by atoms with van der Waals surface area (Å²) in [4.78, 5) is 0. The number of anilines is 1. The van der Waals surface area contributed by atoms with Crippen LogP contribution in [0.25, 0.3) is 6.08 Å². The van der Waals surface area contributed by atoms with Gasteiger partial charge in [-0.15, -0.1) is 0 Å². The smallest absolute Gasteiger partial charge is 0.141 e. The van der Waals surface area contributed by atoms with Gasteiger partial charge in [0.1, 0.15) is 5.75 Å². The van der Waals surface area contributed by atoms with E-state index in [1.165, 1.54) is 0 Å². The van der Waals surface area contributed by atoms with Crippen LogP contribution >= 0.6 is 0 Å². The second kappa shape index (κ2) is 7.14. The van der Waals surface area contributed by atoms with Gasteiger partial charge in [-0.1, -0.05) is 48.5 Å². The van der Waals surface area contributed by atoms with Gasteiger partial charge >= 0.3 is 0 Å². The van der Waals surface area contributed by atoms with Crippen LogP contribution in [-0.2, 0) is 0 Å².